The van der Waals surface area contributed by atoms with E-state index in [0.717, 1.165) is 18.9 Å². The second-order valence-corrected chi connectivity index (χ2v) is 4.29. The first kappa shape index (κ1) is 12.3. The van der Waals surface area contributed by atoms with Gasteiger partial charge >= 0.3 is 6.09 Å². The van der Waals surface area contributed by atoms with E-state index < -0.39 is 0 Å². The van der Waals surface area contributed by atoms with Gasteiger partial charge in [-0.05, 0) is 25.7 Å². The zero-order chi connectivity index (χ0) is 10.9. The molecule has 88 valence electrons. The Kier molecular flexibility index (Phi) is 6.21. The van der Waals surface area contributed by atoms with Crippen LogP contribution in [0.1, 0.15) is 51.9 Å². The Morgan fingerprint density at radius 1 is 1.33 bits per heavy atom. The SMILES string of the molecule is CCOC(=O)NCCCC1CCCCC1. The van der Waals surface area contributed by atoms with E-state index in [2.05, 4.69) is 5.32 Å². The fraction of sp³-hybridized carbons (Fsp3) is 0.917. The van der Waals surface area contributed by atoms with Crippen LogP contribution in [0, 0.1) is 5.92 Å². The van der Waals surface area contributed by atoms with E-state index in [4.69, 9.17) is 4.74 Å². The summed E-state index contributed by atoms with van der Waals surface area (Å²) in [7, 11) is 0. The second-order valence-electron chi connectivity index (χ2n) is 4.29. The average Bonchev–Trinajstić information content (AvgIpc) is 2.26. The van der Waals surface area contributed by atoms with Crippen molar-refractivity contribution in [1.29, 1.82) is 0 Å². The van der Waals surface area contributed by atoms with Crippen LogP contribution < -0.4 is 5.32 Å². The summed E-state index contributed by atoms with van der Waals surface area (Å²) in [6, 6.07) is 0. The molecule has 15 heavy (non-hydrogen) atoms. The Morgan fingerprint density at radius 3 is 2.73 bits per heavy atom. The van der Waals surface area contributed by atoms with Crippen molar-refractivity contribution in [3.63, 3.8) is 0 Å². The summed E-state index contributed by atoms with van der Waals surface area (Å²) in [6.45, 7) is 3.03. The Labute approximate surface area is 92.6 Å². The summed E-state index contributed by atoms with van der Waals surface area (Å²) in [5.41, 5.74) is 0. The molecule has 1 aliphatic rings. The highest BCUT2D eigenvalue weighted by Gasteiger charge is 2.12. The van der Waals surface area contributed by atoms with E-state index in [9.17, 15) is 4.79 Å². The lowest BCUT2D eigenvalue weighted by Crippen LogP contribution is -2.25. The molecule has 1 aliphatic carbocycles. The van der Waals surface area contributed by atoms with E-state index in [1.54, 1.807) is 0 Å². The van der Waals surface area contributed by atoms with Crippen molar-refractivity contribution in [2.75, 3.05) is 13.2 Å². The predicted molar refractivity (Wildman–Crippen MR) is 60.8 cm³/mol. The number of rotatable bonds is 5. The molecule has 0 unspecified atom stereocenters. The maximum atomic E-state index is 11.0. The normalized spacial score (nSPS) is 17.4. The van der Waals surface area contributed by atoms with Crippen molar-refractivity contribution in [3.8, 4) is 0 Å². The number of carbonyl (C=O) groups excluding carboxylic acids is 1. The molecule has 0 aromatic carbocycles. The van der Waals surface area contributed by atoms with Crippen molar-refractivity contribution in [2.45, 2.75) is 51.9 Å². The van der Waals surface area contributed by atoms with Gasteiger partial charge in [-0.15, -0.1) is 0 Å². The molecule has 1 N–H and O–H groups in total. The van der Waals surface area contributed by atoms with Crippen LogP contribution in [-0.2, 0) is 4.74 Å². The topological polar surface area (TPSA) is 38.3 Å². The van der Waals surface area contributed by atoms with Gasteiger partial charge < -0.3 is 10.1 Å². The molecule has 0 bridgehead atoms. The first-order valence-electron chi connectivity index (χ1n) is 6.23. The quantitative estimate of drug-likeness (QED) is 0.713. The number of hydrogen-bond acceptors (Lipinski definition) is 2. The average molecular weight is 213 g/mol. The highest BCUT2D eigenvalue weighted by molar-refractivity contribution is 5.66. The molecule has 0 spiro atoms. The molecule has 0 aromatic rings. The fourth-order valence-electron chi connectivity index (χ4n) is 2.24. The second kappa shape index (κ2) is 7.55. The summed E-state index contributed by atoms with van der Waals surface area (Å²) >= 11 is 0. The van der Waals surface area contributed by atoms with Gasteiger partial charge in [-0.25, -0.2) is 4.79 Å². The first-order chi connectivity index (χ1) is 7.33. The minimum absolute atomic E-state index is 0.277. The van der Waals surface area contributed by atoms with E-state index >= 15 is 0 Å². The molecule has 3 heteroatoms. The largest absolute Gasteiger partial charge is 0.450 e. The summed E-state index contributed by atoms with van der Waals surface area (Å²) < 4.78 is 4.78. The molecule has 3 nitrogen and oxygen atoms in total. The third-order valence-corrected chi connectivity index (χ3v) is 3.06. The van der Waals surface area contributed by atoms with Gasteiger partial charge in [0.25, 0.3) is 0 Å². The van der Waals surface area contributed by atoms with Crippen LogP contribution in [0.25, 0.3) is 0 Å². The van der Waals surface area contributed by atoms with Gasteiger partial charge in [0, 0.05) is 6.54 Å². The molecular formula is C12H23NO2. The maximum absolute atomic E-state index is 11.0. The van der Waals surface area contributed by atoms with Crippen LogP contribution in [0.15, 0.2) is 0 Å². The monoisotopic (exact) mass is 213 g/mol. The molecule has 1 amide bonds. The number of amides is 1. The van der Waals surface area contributed by atoms with Gasteiger partial charge in [0.1, 0.15) is 0 Å². The Morgan fingerprint density at radius 2 is 2.07 bits per heavy atom. The fourth-order valence-corrected chi connectivity index (χ4v) is 2.24. The van der Waals surface area contributed by atoms with Crippen LogP contribution in [0.4, 0.5) is 4.79 Å². The molecule has 0 atom stereocenters. The van der Waals surface area contributed by atoms with Crippen molar-refractivity contribution >= 4 is 6.09 Å². The van der Waals surface area contributed by atoms with Crippen molar-refractivity contribution in [1.82, 2.24) is 5.32 Å². The summed E-state index contributed by atoms with van der Waals surface area (Å²) in [6.07, 6.45) is 9.05. The van der Waals surface area contributed by atoms with Crippen LogP contribution in [0.5, 0.6) is 0 Å². The zero-order valence-corrected chi connectivity index (χ0v) is 9.76. The standard InChI is InChI=1S/C12H23NO2/c1-2-15-12(14)13-10-6-9-11-7-4-3-5-8-11/h11H,2-10H2,1H3,(H,13,14). The third-order valence-electron chi connectivity index (χ3n) is 3.06. The summed E-state index contributed by atoms with van der Waals surface area (Å²) in [4.78, 5) is 11.0. The van der Waals surface area contributed by atoms with E-state index in [0.29, 0.717) is 6.61 Å². The summed E-state index contributed by atoms with van der Waals surface area (Å²) in [5.74, 6) is 0.905. The van der Waals surface area contributed by atoms with E-state index in [-0.39, 0.29) is 6.09 Å². The number of ether oxygens (including phenoxy) is 1. The van der Waals surface area contributed by atoms with Gasteiger partial charge in [-0.3, -0.25) is 0 Å². The lowest BCUT2D eigenvalue weighted by atomic mass is 9.86. The van der Waals surface area contributed by atoms with Gasteiger partial charge in [0.2, 0.25) is 0 Å². The molecule has 0 saturated heterocycles. The molecule has 1 rings (SSSR count). The molecular weight excluding hydrogens is 190 g/mol. The maximum Gasteiger partial charge on any atom is 0.407 e. The van der Waals surface area contributed by atoms with E-state index in [1.807, 2.05) is 6.92 Å². The molecule has 1 fully saturated rings. The van der Waals surface area contributed by atoms with Crippen LogP contribution in [0.3, 0.4) is 0 Å². The smallest absolute Gasteiger partial charge is 0.407 e. The first-order valence-corrected chi connectivity index (χ1v) is 6.23. The number of carbonyl (C=O) groups is 1. The highest BCUT2D eigenvalue weighted by Crippen LogP contribution is 2.26. The van der Waals surface area contributed by atoms with E-state index in [1.165, 1.54) is 38.5 Å². The molecule has 0 radical (unpaired) electrons. The predicted octanol–water partition coefficient (Wildman–Crippen LogP) is 3.09. The third kappa shape index (κ3) is 5.65. The van der Waals surface area contributed by atoms with Gasteiger partial charge in [-0.2, -0.15) is 0 Å². The number of hydrogen-bond donors (Lipinski definition) is 1. The number of nitrogens with one attached hydrogen (secondary N) is 1. The lowest BCUT2D eigenvalue weighted by molar-refractivity contribution is 0.151. The van der Waals surface area contributed by atoms with Gasteiger partial charge in [0.15, 0.2) is 0 Å². The molecule has 0 heterocycles. The molecule has 0 aliphatic heterocycles. The summed E-state index contributed by atoms with van der Waals surface area (Å²) in [5, 5.41) is 2.76. The number of alkyl carbamates (subject to hydrolysis) is 1. The van der Waals surface area contributed by atoms with Crippen molar-refractivity contribution in [2.24, 2.45) is 5.92 Å². The molecule has 1 saturated carbocycles. The Bertz CT molecular complexity index is 176. The van der Waals surface area contributed by atoms with Gasteiger partial charge in [-0.1, -0.05) is 32.1 Å². The van der Waals surface area contributed by atoms with Crippen LogP contribution in [0.2, 0.25) is 0 Å². The van der Waals surface area contributed by atoms with Crippen LogP contribution >= 0.6 is 0 Å². The Balaban J connectivity index is 1.93. The minimum Gasteiger partial charge on any atom is -0.450 e. The Hall–Kier alpha value is -0.730. The zero-order valence-electron chi connectivity index (χ0n) is 9.76. The molecule has 0 aromatic heterocycles. The van der Waals surface area contributed by atoms with Crippen LogP contribution in [-0.4, -0.2) is 19.2 Å². The van der Waals surface area contributed by atoms with Crippen molar-refractivity contribution < 1.29 is 9.53 Å². The van der Waals surface area contributed by atoms with Crippen molar-refractivity contribution in [3.05, 3.63) is 0 Å². The highest BCUT2D eigenvalue weighted by atomic mass is 16.5. The van der Waals surface area contributed by atoms with Gasteiger partial charge in [0.05, 0.1) is 6.61 Å². The lowest BCUT2D eigenvalue weighted by Gasteiger charge is -2.21. The minimum atomic E-state index is -0.277.